The third-order valence-electron chi connectivity index (χ3n) is 3.13. The van der Waals surface area contributed by atoms with E-state index in [1.54, 1.807) is 42.7 Å². The Morgan fingerprint density at radius 1 is 1.18 bits per heavy atom. The van der Waals surface area contributed by atoms with E-state index >= 15 is 0 Å². The smallest absolute Gasteiger partial charge is 0.358 e. The van der Waals surface area contributed by atoms with Gasteiger partial charge in [-0.05, 0) is 36.4 Å². The summed E-state index contributed by atoms with van der Waals surface area (Å²) in [7, 11) is 1.29. The minimum Gasteiger partial charge on any atom is -0.464 e. The SMILES string of the molecule is COC(=O)c1cc(-c2ccncc2)n(-c2cccc(F)c2)n1. The molecule has 2 aromatic heterocycles. The highest BCUT2D eigenvalue weighted by atomic mass is 19.1. The minimum absolute atomic E-state index is 0.151. The van der Waals surface area contributed by atoms with Crippen molar-refractivity contribution < 1.29 is 13.9 Å². The standard InChI is InChI=1S/C16H12FN3O2/c1-22-16(21)14-10-15(11-5-7-18-8-6-11)20(19-14)13-4-2-3-12(17)9-13/h2-10H,1H3. The molecule has 0 spiro atoms. The predicted octanol–water partition coefficient (Wildman–Crippen LogP) is 2.86. The summed E-state index contributed by atoms with van der Waals surface area (Å²) in [4.78, 5) is 15.7. The first-order chi connectivity index (χ1) is 10.7. The van der Waals surface area contributed by atoms with Crippen LogP contribution in [0.4, 0.5) is 4.39 Å². The molecule has 0 N–H and O–H groups in total. The largest absolute Gasteiger partial charge is 0.464 e. The van der Waals surface area contributed by atoms with Gasteiger partial charge in [0, 0.05) is 18.0 Å². The summed E-state index contributed by atoms with van der Waals surface area (Å²) in [5.41, 5.74) is 2.12. The minimum atomic E-state index is -0.551. The molecule has 0 amide bonds. The number of methoxy groups -OCH3 is 1. The average Bonchev–Trinajstić information content (AvgIpc) is 3.00. The Morgan fingerprint density at radius 3 is 2.64 bits per heavy atom. The van der Waals surface area contributed by atoms with E-state index in [9.17, 15) is 9.18 Å². The van der Waals surface area contributed by atoms with E-state index in [4.69, 9.17) is 4.74 Å². The van der Waals surface area contributed by atoms with Crippen LogP contribution in [0.15, 0.2) is 54.9 Å². The van der Waals surface area contributed by atoms with Gasteiger partial charge in [-0.1, -0.05) is 6.07 Å². The number of hydrogen-bond acceptors (Lipinski definition) is 4. The second-order valence-corrected chi connectivity index (χ2v) is 4.53. The molecule has 0 radical (unpaired) electrons. The fraction of sp³-hybridized carbons (Fsp3) is 0.0625. The van der Waals surface area contributed by atoms with Crippen LogP contribution in [-0.4, -0.2) is 27.8 Å². The lowest BCUT2D eigenvalue weighted by atomic mass is 10.2. The van der Waals surface area contributed by atoms with Crippen molar-refractivity contribution in [2.45, 2.75) is 0 Å². The molecule has 0 aliphatic heterocycles. The zero-order valence-electron chi connectivity index (χ0n) is 11.7. The van der Waals surface area contributed by atoms with Gasteiger partial charge in [-0.25, -0.2) is 13.9 Å². The van der Waals surface area contributed by atoms with Crippen LogP contribution in [0, 0.1) is 5.82 Å². The lowest BCUT2D eigenvalue weighted by molar-refractivity contribution is 0.0593. The van der Waals surface area contributed by atoms with Crippen molar-refractivity contribution in [3.05, 3.63) is 66.4 Å². The van der Waals surface area contributed by atoms with Crippen molar-refractivity contribution in [1.82, 2.24) is 14.8 Å². The molecule has 3 aromatic rings. The fourth-order valence-corrected chi connectivity index (χ4v) is 2.12. The summed E-state index contributed by atoms with van der Waals surface area (Å²) in [6, 6.07) is 11.2. The van der Waals surface area contributed by atoms with E-state index in [1.807, 2.05) is 0 Å². The van der Waals surface area contributed by atoms with Crippen molar-refractivity contribution in [3.63, 3.8) is 0 Å². The van der Waals surface area contributed by atoms with Crippen LogP contribution in [0.25, 0.3) is 16.9 Å². The summed E-state index contributed by atoms with van der Waals surface area (Å²) < 4.78 is 19.7. The highest BCUT2D eigenvalue weighted by Crippen LogP contribution is 2.24. The zero-order chi connectivity index (χ0) is 15.5. The normalized spacial score (nSPS) is 10.5. The van der Waals surface area contributed by atoms with Crippen molar-refractivity contribution in [2.24, 2.45) is 0 Å². The molecule has 22 heavy (non-hydrogen) atoms. The molecule has 110 valence electrons. The maximum atomic E-state index is 13.5. The van der Waals surface area contributed by atoms with E-state index in [0.717, 1.165) is 5.56 Å². The molecular formula is C16H12FN3O2. The Morgan fingerprint density at radius 2 is 1.95 bits per heavy atom. The second-order valence-electron chi connectivity index (χ2n) is 4.53. The van der Waals surface area contributed by atoms with Crippen LogP contribution in [0.2, 0.25) is 0 Å². The summed E-state index contributed by atoms with van der Waals surface area (Å²) >= 11 is 0. The van der Waals surface area contributed by atoms with Gasteiger partial charge in [0.05, 0.1) is 18.5 Å². The van der Waals surface area contributed by atoms with E-state index in [0.29, 0.717) is 11.4 Å². The summed E-state index contributed by atoms with van der Waals surface area (Å²) in [5, 5.41) is 4.22. The van der Waals surface area contributed by atoms with E-state index in [2.05, 4.69) is 10.1 Å². The number of rotatable bonds is 3. The number of nitrogens with zero attached hydrogens (tertiary/aromatic N) is 3. The van der Waals surface area contributed by atoms with Gasteiger partial charge >= 0.3 is 5.97 Å². The molecular weight excluding hydrogens is 285 g/mol. The number of pyridine rings is 1. The van der Waals surface area contributed by atoms with Crippen LogP contribution in [0.1, 0.15) is 10.5 Å². The second kappa shape index (κ2) is 5.77. The molecule has 0 unspecified atom stereocenters. The van der Waals surface area contributed by atoms with Gasteiger partial charge in [0.15, 0.2) is 5.69 Å². The van der Waals surface area contributed by atoms with Crippen LogP contribution in [-0.2, 0) is 4.74 Å². The first-order valence-electron chi connectivity index (χ1n) is 6.54. The average molecular weight is 297 g/mol. The number of benzene rings is 1. The Labute approximate surface area is 126 Å². The molecule has 0 saturated heterocycles. The molecule has 6 heteroatoms. The molecule has 0 saturated carbocycles. The molecule has 2 heterocycles. The van der Waals surface area contributed by atoms with Gasteiger partial charge in [0.1, 0.15) is 5.82 Å². The van der Waals surface area contributed by atoms with Gasteiger partial charge in [0.2, 0.25) is 0 Å². The number of carbonyl (C=O) groups excluding carboxylic acids is 1. The van der Waals surface area contributed by atoms with E-state index in [1.165, 1.54) is 23.9 Å². The monoisotopic (exact) mass is 297 g/mol. The van der Waals surface area contributed by atoms with E-state index in [-0.39, 0.29) is 11.5 Å². The number of hydrogen-bond donors (Lipinski definition) is 0. The van der Waals surface area contributed by atoms with Crippen molar-refractivity contribution >= 4 is 5.97 Å². The van der Waals surface area contributed by atoms with Gasteiger partial charge in [-0.2, -0.15) is 5.10 Å². The maximum Gasteiger partial charge on any atom is 0.358 e. The van der Waals surface area contributed by atoms with Gasteiger partial charge in [-0.3, -0.25) is 4.98 Å². The summed E-state index contributed by atoms with van der Waals surface area (Å²) in [6.07, 6.45) is 3.27. The van der Waals surface area contributed by atoms with Crippen molar-refractivity contribution in [1.29, 1.82) is 0 Å². The lowest BCUT2D eigenvalue weighted by Gasteiger charge is -2.07. The van der Waals surface area contributed by atoms with Gasteiger partial charge in [-0.15, -0.1) is 0 Å². The molecule has 0 bridgehead atoms. The third kappa shape index (κ3) is 2.58. The lowest BCUT2D eigenvalue weighted by Crippen LogP contribution is -2.04. The molecule has 1 aromatic carbocycles. The first-order valence-corrected chi connectivity index (χ1v) is 6.54. The predicted molar refractivity (Wildman–Crippen MR) is 78.1 cm³/mol. The van der Waals surface area contributed by atoms with Gasteiger partial charge in [0.25, 0.3) is 0 Å². The Kier molecular flexibility index (Phi) is 3.65. The molecule has 0 aliphatic rings. The maximum absolute atomic E-state index is 13.5. The van der Waals surface area contributed by atoms with Gasteiger partial charge < -0.3 is 4.74 Å². The van der Waals surface area contributed by atoms with Crippen LogP contribution < -0.4 is 0 Å². The summed E-state index contributed by atoms with van der Waals surface area (Å²) in [5.74, 6) is -0.932. The number of carbonyl (C=O) groups is 1. The zero-order valence-corrected chi connectivity index (χ0v) is 11.7. The highest BCUT2D eigenvalue weighted by molar-refractivity contribution is 5.88. The summed E-state index contributed by atoms with van der Waals surface area (Å²) in [6.45, 7) is 0. The highest BCUT2D eigenvalue weighted by Gasteiger charge is 2.17. The number of ether oxygens (including phenoxy) is 1. The first kappa shape index (κ1) is 13.9. The van der Waals surface area contributed by atoms with Crippen molar-refractivity contribution in [2.75, 3.05) is 7.11 Å². The number of esters is 1. The molecule has 0 atom stereocenters. The molecule has 0 aliphatic carbocycles. The van der Waals surface area contributed by atoms with Crippen LogP contribution >= 0.6 is 0 Å². The number of aromatic nitrogens is 3. The quantitative estimate of drug-likeness (QED) is 0.698. The Hall–Kier alpha value is -3.02. The molecule has 0 fully saturated rings. The third-order valence-corrected chi connectivity index (χ3v) is 3.13. The van der Waals surface area contributed by atoms with Crippen molar-refractivity contribution in [3.8, 4) is 16.9 Å². The molecule has 3 rings (SSSR count). The molecule has 5 nitrogen and oxygen atoms in total. The Balaban J connectivity index is 2.19. The van der Waals surface area contributed by atoms with Crippen LogP contribution in [0.3, 0.4) is 0 Å². The Bertz CT molecular complexity index is 815. The topological polar surface area (TPSA) is 57.0 Å². The number of halogens is 1. The van der Waals surface area contributed by atoms with Crippen LogP contribution in [0.5, 0.6) is 0 Å². The van der Waals surface area contributed by atoms with E-state index < -0.39 is 5.97 Å². The fourth-order valence-electron chi connectivity index (χ4n) is 2.12.